The minimum atomic E-state index is 0.482. The quantitative estimate of drug-likeness (QED) is 0.489. The van der Waals surface area contributed by atoms with E-state index in [4.69, 9.17) is 8.94 Å². The first-order valence-corrected chi connectivity index (χ1v) is 9.10. The summed E-state index contributed by atoms with van der Waals surface area (Å²) in [4.78, 5) is 4.37. The third-order valence-electron chi connectivity index (χ3n) is 3.34. The van der Waals surface area contributed by atoms with E-state index < -0.39 is 0 Å². The van der Waals surface area contributed by atoms with Crippen molar-refractivity contribution in [2.75, 3.05) is 0 Å². The number of rotatable bonds is 5. The molecule has 0 amide bonds. The normalized spacial score (nSPS) is 11.0. The van der Waals surface area contributed by atoms with Crippen molar-refractivity contribution >= 4 is 23.1 Å². The first kappa shape index (κ1) is 15.1. The molecule has 0 atom stereocenters. The van der Waals surface area contributed by atoms with Crippen LogP contribution in [0, 0.1) is 6.92 Å². The lowest BCUT2D eigenvalue weighted by molar-refractivity contribution is 0.425. The monoisotopic (exact) mass is 356 g/mol. The summed E-state index contributed by atoms with van der Waals surface area (Å²) < 4.78 is 11.0. The van der Waals surface area contributed by atoms with E-state index in [2.05, 4.69) is 20.3 Å². The highest BCUT2D eigenvalue weighted by Gasteiger charge is 2.13. The third kappa shape index (κ3) is 3.10. The maximum Gasteiger partial charge on any atom is 0.277 e. The van der Waals surface area contributed by atoms with Gasteiger partial charge in [0.15, 0.2) is 5.82 Å². The third-order valence-corrected chi connectivity index (χ3v) is 4.84. The van der Waals surface area contributed by atoms with E-state index in [0.29, 0.717) is 28.6 Å². The van der Waals surface area contributed by atoms with Gasteiger partial charge in [-0.05, 0) is 30.0 Å². The summed E-state index contributed by atoms with van der Waals surface area (Å²) in [5.74, 6) is 2.14. The van der Waals surface area contributed by atoms with E-state index in [1.807, 2.05) is 48.0 Å². The Balaban J connectivity index is 1.45. The zero-order chi connectivity index (χ0) is 16.4. The van der Waals surface area contributed by atoms with Gasteiger partial charge in [0, 0.05) is 10.9 Å². The van der Waals surface area contributed by atoms with Crippen LogP contribution < -0.4 is 0 Å². The Morgan fingerprint density at radius 2 is 2.04 bits per heavy atom. The molecule has 0 spiro atoms. The van der Waals surface area contributed by atoms with E-state index in [1.54, 1.807) is 11.3 Å². The molecular weight excluding hydrogens is 344 g/mol. The summed E-state index contributed by atoms with van der Waals surface area (Å²) in [5.41, 5.74) is 2.97. The number of thiophene rings is 1. The van der Waals surface area contributed by atoms with Gasteiger partial charge in [-0.2, -0.15) is 16.3 Å². The Kier molecular flexibility index (Phi) is 4.14. The van der Waals surface area contributed by atoms with Crippen LogP contribution in [0.15, 0.2) is 55.3 Å². The van der Waals surface area contributed by atoms with Crippen LogP contribution in [0.25, 0.3) is 22.9 Å². The summed E-state index contributed by atoms with van der Waals surface area (Å²) >= 11 is 2.97. The molecular formula is C16H12N4O2S2. The molecule has 24 heavy (non-hydrogen) atoms. The van der Waals surface area contributed by atoms with Gasteiger partial charge in [-0.25, -0.2) is 0 Å². The molecule has 4 aromatic rings. The number of nitrogens with zero attached hydrogens (tertiary/aromatic N) is 4. The van der Waals surface area contributed by atoms with Crippen LogP contribution in [-0.2, 0) is 5.75 Å². The van der Waals surface area contributed by atoms with Crippen LogP contribution in [0.2, 0.25) is 0 Å². The van der Waals surface area contributed by atoms with Crippen LogP contribution >= 0.6 is 23.1 Å². The molecule has 0 aliphatic carbocycles. The van der Waals surface area contributed by atoms with Gasteiger partial charge >= 0.3 is 0 Å². The zero-order valence-electron chi connectivity index (χ0n) is 12.7. The Morgan fingerprint density at radius 3 is 2.88 bits per heavy atom. The Morgan fingerprint density at radius 1 is 1.12 bits per heavy atom. The molecule has 0 bridgehead atoms. The van der Waals surface area contributed by atoms with Crippen molar-refractivity contribution in [2.24, 2.45) is 0 Å². The van der Waals surface area contributed by atoms with E-state index in [9.17, 15) is 0 Å². The lowest BCUT2D eigenvalue weighted by Crippen LogP contribution is -1.84. The number of hydrogen-bond acceptors (Lipinski definition) is 8. The predicted molar refractivity (Wildman–Crippen MR) is 91.6 cm³/mol. The van der Waals surface area contributed by atoms with Crippen molar-refractivity contribution in [1.82, 2.24) is 20.3 Å². The van der Waals surface area contributed by atoms with Gasteiger partial charge in [-0.15, -0.1) is 10.2 Å². The van der Waals surface area contributed by atoms with E-state index in [-0.39, 0.29) is 0 Å². The minimum absolute atomic E-state index is 0.482. The molecule has 0 unspecified atom stereocenters. The molecule has 6 nitrogen and oxygen atoms in total. The van der Waals surface area contributed by atoms with Crippen molar-refractivity contribution in [1.29, 1.82) is 0 Å². The van der Waals surface area contributed by atoms with Gasteiger partial charge in [-0.1, -0.05) is 35.1 Å². The van der Waals surface area contributed by atoms with Crippen LogP contribution in [0.1, 0.15) is 11.4 Å². The van der Waals surface area contributed by atoms with Gasteiger partial charge < -0.3 is 8.94 Å². The number of aromatic nitrogens is 4. The summed E-state index contributed by atoms with van der Waals surface area (Å²) in [7, 11) is 0. The number of aryl methyl sites for hydroxylation is 1. The standard InChI is InChI=1S/C16H12N4O2S2/c1-10-4-2-3-5-12(10)15-18-19-16(21-15)24-9-13-17-14(22-20-13)11-6-7-23-8-11/h2-8H,9H2,1H3. The molecule has 0 N–H and O–H groups in total. The maximum atomic E-state index is 5.71. The zero-order valence-corrected chi connectivity index (χ0v) is 14.3. The molecule has 3 heterocycles. The Labute approximate surface area is 145 Å². The summed E-state index contributed by atoms with van der Waals surface area (Å²) in [5, 5.41) is 16.6. The molecule has 1 aromatic carbocycles. The molecule has 8 heteroatoms. The molecule has 0 aliphatic heterocycles. The second-order valence-corrected chi connectivity index (χ2v) is 6.71. The smallest absolute Gasteiger partial charge is 0.277 e. The molecule has 120 valence electrons. The Bertz CT molecular complexity index is 947. The fourth-order valence-corrected chi connectivity index (χ4v) is 3.37. The fourth-order valence-electron chi connectivity index (χ4n) is 2.13. The fraction of sp³-hybridized carbons (Fsp3) is 0.125. The van der Waals surface area contributed by atoms with Gasteiger partial charge in [-0.3, -0.25) is 0 Å². The lowest BCUT2D eigenvalue weighted by atomic mass is 10.1. The van der Waals surface area contributed by atoms with E-state index in [0.717, 1.165) is 16.7 Å². The largest absolute Gasteiger partial charge is 0.411 e. The highest BCUT2D eigenvalue weighted by atomic mass is 32.2. The SMILES string of the molecule is Cc1ccccc1-c1nnc(SCc2noc(-c3ccsc3)n2)o1. The number of benzene rings is 1. The molecule has 0 fully saturated rings. The second kappa shape index (κ2) is 6.58. The predicted octanol–water partition coefficient (Wildman–Crippen LogP) is 4.45. The summed E-state index contributed by atoms with van der Waals surface area (Å²) in [6.45, 7) is 2.01. The highest BCUT2D eigenvalue weighted by Crippen LogP contribution is 2.27. The second-order valence-electron chi connectivity index (χ2n) is 5.00. The first-order chi connectivity index (χ1) is 11.8. The van der Waals surface area contributed by atoms with Gasteiger partial charge in [0.2, 0.25) is 5.89 Å². The van der Waals surface area contributed by atoms with E-state index >= 15 is 0 Å². The Hall–Kier alpha value is -2.45. The van der Waals surface area contributed by atoms with E-state index in [1.165, 1.54) is 11.8 Å². The van der Waals surface area contributed by atoms with Crippen LogP contribution in [0.3, 0.4) is 0 Å². The topological polar surface area (TPSA) is 77.8 Å². The summed E-state index contributed by atoms with van der Waals surface area (Å²) in [6.07, 6.45) is 0. The average Bonchev–Trinajstić information content (AvgIpc) is 3.34. The van der Waals surface area contributed by atoms with Crippen molar-refractivity contribution in [2.45, 2.75) is 17.9 Å². The highest BCUT2D eigenvalue weighted by molar-refractivity contribution is 7.98. The summed E-state index contributed by atoms with van der Waals surface area (Å²) in [6, 6.07) is 9.85. The molecule has 0 saturated heterocycles. The first-order valence-electron chi connectivity index (χ1n) is 7.17. The van der Waals surface area contributed by atoms with Crippen LogP contribution in [0.4, 0.5) is 0 Å². The number of hydrogen-bond donors (Lipinski definition) is 0. The lowest BCUT2D eigenvalue weighted by Gasteiger charge is -1.98. The molecule has 0 radical (unpaired) electrons. The van der Waals surface area contributed by atoms with Crippen molar-refractivity contribution in [3.63, 3.8) is 0 Å². The van der Waals surface area contributed by atoms with Crippen LogP contribution in [-0.4, -0.2) is 20.3 Å². The van der Waals surface area contributed by atoms with Gasteiger partial charge in [0.1, 0.15) is 0 Å². The average molecular weight is 356 g/mol. The van der Waals surface area contributed by atoms with Gasteiger partial charge in [0.25, 0.3) is 11.1 Å². The molecule has 0 saturated carbocycles. The molecule has 4 rings (SSSR count). The minimum Gasteiger partial charge on any atom is -0.411 e. The van der Waals surface area contributed by atoms with Crippen LogP contribution in [0.5, 0.6) is 0 Å². The van der Waals surface area contributed by atoms with Crippen molar-refractivity contribution < 1.29 is 8.94 Å². The molecule has 0 aliphatic rings. The maximum absolute atomic E-state index is 5.71. The number of thioether (sulfide) groups is 1. The van der Waals surface area contributed by atoms with Crippen molar-refractivity contribution in [3.05, 3.63) is 52.5 Å². The molecule has 3 aromatic heterocycles. The van der Waals surface area contributed by atoms with Crippen molar-refractivity contribution in [3.8, 4) is 22.9 Å². The van der Waals surface area contributed by atoms with Gasteiger partial charge in [0.05, 0.1) is 11.3 Å².